The predicted octanol–water partition coefficient (Wildman–Crippen LogP) is 1.50. The SMILES string of the molecule is Cc1ccc(C)c(C(N)Cn2ccn(C)c2=O)c1. The maximum atomic E-state index is 11.8. The smallest absolute Gasteiger partial charge is 0.322 e. The molecule has 1 heterocycles. The molecular weight excluding hydrogens is 226 g/mol. The summed E-state index contributed by atoms with van der Waals surface area (Å²) in [6.45, 7) is 4.59. The van der Waals surface area contributed by atoms with E-state index in [2.05, 4.69) is 18.2 Å². The number of hydrogen-bond acceptors (Lipinski definition) is 2. The number of aromatic nitrogens is 2. The molecule has 2 N–H and O–H groups in total. The highest BCUT2D eigenvalue weighted by Gasteiger charge is 2.11. The van der Waals surface area contributed by atoms with Gasteiger partial charge in [0.05, 0.1) is 0 Å². The van der Waals surface area contributed by atoms with Crippen molar-refractivity contribution in [3.8, 4) is 0 Å². The molecule has 2 rings (SSSR count). The molecule has 0 aliphatic heterocycles. The van der Waals surface area contributed by atoms with Crippen molar-refractivity contribution >= 4 is 0 Å². The Balaban J connectivity index is 2.27. The summed E-state index contributed by atoms with van der Waals surface area (Å²) in [4.78, 5) is 11.8. The zero-order chi connectivity index (χ0) is 13.3. The van der Waals surface area contributed by atoms with Gasteiger partial charge in [-0.2, -0.15) is 0 Å². The van der Waals surface area contributed by atoms with Gasteiger partial charge in [-0.25, -0.2) is 4.79 Å². The fourth-order valence-electron chi connectivity index (χ4n) is 2.12. The molecule has 1 unspecified atom stereocenters. The van der Waals surface area contributed by atoms with Crippen LogP contribution in [0.15, 0.2) is 35.4 Å². The van der Waals surface area contributed by atoms with Gasteiger partial charge in [-0.15, -0.1) is 0 Å². The van der Waals surface area contributed by atoms with E-state index in [1.807, 2.05) is 13.8 Å². The lowest BCUT2D eigenvalue weighted by Crippen LogP contribution is -2.27. The van der Waals surface area contributed by atoms with E-state index in [0.717, 1.165) is 11.1 Å². The molecule has 0 saturated carbocycles. The number of benzene rings is 1. The van der Waals surface area contributed by atoms with Gasteiger partial charge in [0, 0.05) is 32.0 Å². The van der Waals surface area contributed by atoms with Gasteiger partial charge in [0.2, 0.25) is 0 Å². The first kappa shape index (κ1) is 12.6. The maximum Gasteiger partial charge on any atom is 0.327 e. The highest BCUT2D eigenvalue weighted by atomic mass is 16.1. The summed E-state index contributed by atoms with van der Waals surface area (Å²) < 4.78 is 3.20. The first-order valence-electron chi connectivity index (χ1n) is 6.03. The highest BCUT2D eigenvalue weighted by molar-refractivity contribution is 5.32. The summed E-state index contributed by atoms with van der Waals surface area (Å²) in [5.41, 5.74) is 9.63. The lowest BCUT2D eigenvalue weighted by atomic mass is 9.99. The van der Waals surface area contributed by atoms with Crippen molar-refractivity contribution in [2.24, 2.45) is 12.8 Å². The third-order valence-corrected chi connectivity index (χ3v) is 3.25. The Labute approximate surface area is 107 Å². The molecule has 0 bridgehead atoms. The van der Waals surface area contributed by atoms with Gasteiger partial charge in [0.15, 0.2) is 0 Å². The van der Waals surface area contributed by atoms with Gasteiger partial charge in [-0.05, 0) is 25.0 Å². The summed E-state index contributed by atoms with van der Waals surface area (Å²) in [6.07, 6.45) is 3.52. The van der Waals surface area contributed by atoms with Crippen molar-refractivity contribution < 1.29 is 0 Å². The largest absolute Gasteiger partial charge is 0.327 e. The Bertz CT molecular complexity index is 610. The van der Waals surface area contributed by atoms with Crippen molar-refractivity contribution in [1.29, 1.82) is 0 Å². The Kier molecular flexibility index (Phi) is 3.39. The van der Waals surface area contributed by atoms with E-state index in [-0.39, 0.29) is 11.7 Å². The fourth-order valence-corrected chi connectivity index (χ4v) is 2.12. The lowest BCUT2D eigenvalue weighted by molar-refractivity contribution is 0.552. The third kappa shape index (κ3) is 2.38. The first-order valence-corrected chi connectivity index (χ1v) is 6.03. The lowest BCUT2D eigenvalue weighted by Gasteiger charge is -2.15. The molecule has 0 saturated heterocycles. The number of nitrogens with zero attached hydrogens (tertiary/aromatic N) is 2. The molecule has 0 spiro atoms. The van der Waals surface area contributed by atoms with Crippen LogP contribution in [-0.2, 0) is 13.6 Å². The topological polar surface area (TPSA) is 52.9 Å². The molecule has 0 aliphatic rings. The van der Waals surface area contributed by atoms with Crippen LogP contribution in [0.25, 0.3) is 0 Å². The van der Waals surface area contributed by atoms with Crippen LogP contribution in [0.3, 0.4) is 0 Å². The van der Waals surface area contributed by atoms with Crippen molar-refractivity contribution in [3.05, 3.63) is 57.8 Å². The summed E-state index contributed by atoms with van der Waals surface area (Å²) in [5.74, 6) is 0. The minimum absolute atomic E-state index is 0.0317. The van der Waals surface area contributed by atoms with Crippen LogP contribution in [0.4, 0.5) is 0 Å². The van der Waals surface area contributed by atoms with Crippen molar-refractivity contribution in [2.45, 2.75) is 26.4 Å². The Hall–Kier alpha value is -1.81. The van der Waals surface area contributed by atoms with Crippen LogP contribution in [0.2, 0.25) is 0 Å². The molecule has 4 nitrogen and oxygen atoms in total. The van der Waals surface area contributed by atoms with Crippen molar-refractivity contribution in [3.63, 3.8) is 0 Å². The molecule has 18 heavy (non-hydrogen) atoms. The van der Waals surface area contributed by atoms with E-state index >= 15 is 0 Å². The van der Waals surface area contributed by atoms with E-state index in [4.69, 9.17) is 5.73 Å². The third-order valence-electron chi connectivity index (χ3n) is 3.25. The molecule has 1 aromatic heterocycles. The van der Waals surface area contributed by atoms with Gasteiger partial charge in [-0.3, -0.25) is 4.57 Å². The summed E-state index contributed by atoms with van der Waals surface area (Å²) >= 11 is 0. The van der Waals surface area contributed by atoms with Crippen molar-refractivity contribution in [2.75, 3.05) is 0 Å². The van der Waals surface area contributed by atoms with Crippen LogP contribution < -0.4 is 11.4 Å². The predicted molar refractivity (Wildman–Crippen MR) is 72.5 cm³/mol. The first-order chi connectivity index (χ1) is 8.49. The van der Waals surface area contributed by atoms with Gasteiger partial charge in [0.1, 0.15) is 0 Å². The second-order valence-electron chi connectivity index (χ2n) is 4.81. The van der Waals surface area contributed by atoms with Crippen LogP contribution >= 0.6 is 0 Å². The van der Waals surface area contributed by atoms with Gasteiger partial charge in [-0.1, -0.05) is 23.8 Å². The van der Waals surface area contributed by atoms with Crippen LogP contribution in [0.5, 0.6) is 0 Å². The number of nitrogens with two attached hydrogens (primary N) is 1. The molecule has 2 aromatic rings. The second-order valence-corrected chi connectivity index (χ2v) is 4.81. The number of rotatable bonds is 3. The van der Waals surface area contributed by atoms with Gasteiger partial charge < -0.3 is 10.3 Å². The summed E-state index contributed by atoms with van der Waals surface area (Å²) in [5, 5.41) is 0. The molecule has 4 heteroatoms. The Morgan fingerprint density at radius 3 is 2.61 bits per heavy atom. The molecule has 0 amide bonds. The van der Waals surface area contributed by atoms with Gasteiger partial charge in [0.25, 0.3) is 0 Å². The average molecular weight is 245 g/mol. The van der Waals surface area contributed by atoms with E-state index in [0.29, 0.717) is 6.54 Å². The molecule has 0 aliphatic carbocycles. The Morgan fingerprint density at radius 2 is 2.00 bits per heavy atom. The standard InChI is InChI=1S/C14H19N3O/c1-10-4-5-11(2)12(8-10)13(15)9-17-7-6-16(3)14(17)18/h4-8,13H,9,15H2,1-3H3. The number of aryl methyl sites for hydroxylation is 3. The number of hydrogen-bond donors (Lipinski definition) is 1. The molecule has 0 radical (unpaired) electrons. The zero-order valence-electron chi connectivity index (χ0n) is 11.1. The molecule has 1 atom stereocenters. The molecule has 0 fully saturated rings. The monoisotopic (exact) mass is 245 g/mol. The molecule has 1 aromatic carbocycles. The van der Waals surface area contributed by atoms with E-state index in [1.165, 1.54) is 5.56 Å². The number of imidazole rings is 1. The fraction of sp³-hybridized carbons (Fsp3) is 0.357. The summed E-state index contributed by atoms with van der Waals surface area (Å²) in [7, 11) is 1.74. The Morgan fingerprint density at radius 1 is 1.28 bits per heavy atom. The maximum absolute atomic E-state index is 11.8. The molecular formula is C14H19N3O. The van der Waals surface area contributed by atoms with Crippen LogP contribution in [0.1, 0.15) is 22.7 Å². The minimum Gasteiger partial charge on any atom is -0.322 e. The van der Waals surface area contributed by atoms with Crippen LogP contribution in [0, 0.1) is 13.8 Å². The highest BCUT2D eigenvalue weighted by Crippen LogP contribution is 2.18. The minimum atomic E-state index is -0.162. The van der Waals surface area contributed by atoms with Crippen LogP contribution in [-0.4, -0.2) is 9.13 Å². The molecule has 96 valence electrons. The van der Waals surface area contributed by atoms with E-state index in [9.17, 15) is 4.79 Å². The van der Waals surface area contributed by atoms with Crippen molar-refractivity contribution in [1.82, 2.24) is 9.13 Å². The zero-order valence-corrected chi connectivity index (χ0v) is 11.1. The average Bonchev–Trinajstić information content (AvgIpc) is 2.64. The van der Waals surface area contributed by atoms with E-state index < -0.39 is 0 Å². The summed E-state index contributed by atoms with van der Waals surface area (Å²) in [6, 6.07) is 6.07. The van der Waals surface area contributed by atoms with E-state index in [1.54, 1.807) is 28.6 Å². The van der Waals surface area contributed by atoms with Gasteiger partial charge >= 0.3 is 5.69 Å². The second kappa shape index (κ2) is 4.82. The normalized spacial score (nSPS) is 12.7. The quantitative estimate of drug-likeness (QED) is 0.891.